The van der Waals surface area contributed by atoms with Gasteiger partial charge in [0, 0.05) is 17.9 Å². The third-order valence-corrected chi connectivity index (χ3v) is 3.87. The number of rotatable bonds is 4. The van der Waals surface area contributed by atoms with Gasteiger partial charge in [0.05, 0.1) is 5.54 Å². The Bertz CT molecular complexity index is 652. The molecule has 0 saturated heterocycles. The van der Waals surface area contributed by atoms with Crippen LogP contribution in [0.15, 0.2) is 42.5 Å². The van der Waals surface area contributed by atoms with Crippen LogP contribution < -0.4 is 0 Å². The number of amides is 1. The molecule has 1 aromatic carbocycles. The Morgan fingerprint density at radius 3 is 2.13 bits per heavy atom. The molecule has 0 saturated carbocycles. The number of carboxylic acid groups (broad SMARTS) is 1. The predicted molar refractivity (Wildman–Crippen MR) is 94.0 cm³/mol. The van der Waals surface area contributed by atoms with Crippen molar-refractivity contribution in [2.75, 3.05) is 0 Å². The van der Waals surface area contributed by atoms with Crippen LogP contribution in [-0.2, 0) is 12.1 Å². The van der Waals surface area contributed by atoms with Gasteiger partial charge in [-0.3, -0.25) is 9.88 Å². The van der Waals surface area contributed by atoms with Crippen molar-refractivity contribution in [2.24, 2.45) is 0 Å². The molecule has 2 aromatic rings. The maximum Gasteiger partial charge on any atom is 0.408 e. The number of aryl methyl sites for hydroxylation is 2. The fraction of sp³-hybridized carbons (Fsp3) is 0.333. The minimum absolute atomic E-state index is 0. The van der Waals surface area contributed by atoms with Crippen molar-refractivity contribution in [3.05, 3.63) is 65.0 Å². The molecule has 23 heavy (non-hydrogen) atoms. The van der Waals surface area contributed by atoms with Gasteiger partial charge in [-0.1, -0.05) is 30.3 Å². The fourth-order valence-electron chi connectivity index (χ4n) is 2.70. The number of hydrogen-bond acceptors (Lipinski definition) is 2. The van der Waals surface area contributed by atoms with E-state index in [0.717, 1.165) is 22.5 Å². The van der Waals surface area contributed by atoms with Gasteiger partial charge in [-0.2, -0.15) is 0 Å². The zero-order valence-corrected chi connectivity index (χ0v) is 14.7. The topological polar surface area (TPSA) is 53.4 Å². The van der Waals surface area contributed by atoms with Crippen molar-refractivity contribution < 1.29 is 9.90 Å². The normalized spacial score (nSPS) is 10.8. The number of pyridine rings is 1. The van der Waals surface area contributed by atoms with Crippen LogP contribution in [0.25, 0.3) is 0 Å². The maximum atomic E-state index is 11.8. The van der Waals surface area contributed by atoms with Gasteiger partial charge in [0.25, 0.3) is 0 Å². The summed E-state index contributed by atoms with van der Waals surface area (Å²) in [5.41, 5.74) is 3.12. The quantitative estimate of drug-likeness (QED) is 0.893. The van der Waals surface area contributed by atoms with Crippen LogP contribution in [0.3, 0.4) is 0 Å². The zero-order valence-electron chi connectivity index (χ0n) is 13.9. The summed E-state index contributed by atoms with van der Waals surface area (Å²) in [4.78, 5) is 17.6. The summed E-state index contributed by atoms with van der Waals surface area (Å²) in [7, 11) is 0. The minimum atomic E-state index is -0.930. The van der Waals surface area contributed by atoms with Crippen LogP contribution in [0.4, 0.5) is 4.79 Å². The summed E-state index contributed by atoms with van der Waals surface area (Å²) in [5, 5.41) is 9.68. The lowest BCUT2D eigenvalue weighted by Gasteiger charge is -2.37. The molecule has 4 nitrogen and oxygen atoms in total. The molecule has 0 spiro atoms. The second-order valence-corrected chi connectivity index (χ2v) is 6.05. The summed E-state index contributed by atoms with van der Waals surface area (Å²) in [6.45, 7) is 8.03. The first-order valence-electron chi connectivity index (χ1n) is 7.31. The van der Waals surface area contributed by atoms with Gasteiger partial charge in [-0.25, -0.2) is 4.79 Å². The average Bonchev–Trinajstić information content (AvgIpc) is 2.44. The second-order valence-electron chi connectivity index (χ2n) is 6.05. The van der Waals surface area contributed by atoms with Crippen molar-refractivity contribution in [3.63, 3.8) is 0 Å². The Balaban J connectivity index is 0.00000264. The van der Waals surface area contributed by atoms with Gasteiger partial charge in [-0.05, 0) is 51.0 Å². The maximum absolute atomic E-state index is 11.8. The molecule has 2 rings (SSSR count). The molecule has 0 fully saturated rings. The summed E-state index contributed by atoms with van der Waals surface area (Å²) in [6, 6.07) is 13.6. The highest BCUT2D eigenvalue weighted by atomic mass is 35.5. The summed E-state index contributed by atoms with van der Waals surface area (Å²) >= 11 is 0. The van der Waals surface area contributed by atoms with Gasteiger partial charge in [0.2, 0.25) is 0 Å². The summed E-state index contributed by atoms with van der Waals surface area (Å²) in [6.07, 6.45) is -0.930. The molecule has 0 aliphatic heterocycles. The van der Waals surface area contributed by atoms with Gasteiger partial charge in [0.1, 0.15) is 0 Å². The van der Waals surface area contributed by atoms with E-state index in [1.807, 2.05) is 70.2 Å². The van der Waals surface area contributed by atoms with Gasteiger partial charge in [0.15, 0.2) is 0 Å². The first-order chi connectivity index (χ1) is 10.3. The molecular weight excluding hydrogens is 312 g/mol. The highest BCUT2D eigenvalue weighted by molar-refractivity contribution is 5.85. The molecule has 5 heteroatoms. The molecule has 0 aliphatic carbocycles. The molecule has 1 heterocycles. The Hall–Kier alpha value is -2.07. The number of nitrogens with zero attached hydrogens (tertiary/aromatic N) is 2. The predicted octanol–water partition coefficient (Wildman–Crippen LogP) is 4.54. The van der Waals surface area contributed by atoms with Crippen molar-refractivity contribution in [1.29, 1.82) is 0 Å². The largest absolute Gasteiger partial charge is 0.465 e. The van der Waals surface area contributed by atoms with E-state index in [0.29, 0.717) is 6.54 Å². The van der Waals surface area contributed by atoms with Gasteiger partial charge >= 0.3 is 6.09 Å². The van der Waals surface area contributed by atoms with E-state index < -0.39 is 11.6 Å². The lowest BCUT2D eigenvalue weighted by molar-refractivity contribution is 0.0861. The first kappa shape index (κ1) is 19.0. The number of hydrogen-bond donors (Lipinski definition) is 1. The van der Waals surface area contributed by atoms with Gasteiger partial charge in [-0.15, -0.1) is 12.4 Å². The number of halogens is 1. The van der Waals surface area contributed by atoms with Crippen LogP contribution in [0, 0.1) is 13.8 Å². The van der Waals surface area contributed by atoms with Crippen molar-refractivity contribution >= 4 is 18.5 Å². The Morgan fingerprint density at radius 2 is 1.65 bits per heavy atom. The average molecular weight is 335 g/mol. The van der Waals surface area contributed by atoms with E-state index in [-0.39, 0.29) is 12.4 Å². The minimum Gasteiger partial charge on any atom is -0.465 e. The number of carbonyl (C=O) groups is 1. The van der Waals surface area contributed by atoms with Crippen LogP contribution in [0.1, 0.15) is 36.4 Å². The molecule has 1 amide bonds. The monoisotopic (exact) mass is 334 g/mol. The first-order valence-corrected chi connectivity index (χ1v) is 7.31. The smallest absolute Gasteiger partial charge is 0.408 e. The molecule has 0 atom stereocenters. The van der Waals surface area contributed by atoms with E-state index in [4.69, 9.17) is 0 Å². The molecule has 0 aliphatic rings. The number of benzene rings is 1. The van der Waals surface area contributed by atoms with Crippen LogP contribution in [0.2, 0.25) is 0 Å². The van der Waals surface area contributed by atoms with E-state index in [9.17, 15) is 9.90 Å². The molecule has 1 N–H and O–H groups in total. The summed E-state index contributed by atoms with van der Waals surface area (Å²) in [5.74, 6) is 0. The highest BCUT2D eigenvalue weighted by Crippen LogP contribution is 2.29. The lowest BCUT2D eigenvalue weighted by atomic mass is 9.92. The molecule has 0 unspecified atom stereocenters. The second kappa shape index (κ2) is 7.47. The van der Waals surface area contributed by atoms with E-state index in [1.54, 1.807) is 0 Å². The SMILES string of the molecule is Cc1cc(CN(C(=O)O)C(C)(C)c2ccccc2)cc(C)n1.Cl. The molecular formula is C18H23ClN2O2. The molecule has 0 bridgehead atoms. The molecule has 124 valence electrons. The fourth-order valence-corrected chi connectivity index (χ4v) is 2.70. The van der Waals surface area contributed by atoms with Crippen molar-refractivity contribution in [1.82, 2.24) is 9.88 Å². The zero-order chi connectivity index (χ0) is 16.3. The Morgan fingerprint density at radius 1 is 1.13 bits per heavy atom. The van der Waals surface area contributed by atoms with Crippen LogP contribution in [0.5, 0.6) is 0 Å². The summed E-state index contributed by atoms with van der Waals surface area (Å²) < 4.78 is 0. The standard InChI is InChI=1S/C18H22N2O2.ClH/c1-13-10-15(11-14(2)19-13)12-20(17(21)22)18(3,4)16-8-6-5-7-9-16;/h5-11H,12H2,1-4H3,(H,21,22);1H. The van der Waals surface area contributed by atoms with E-state index >= 15 is 0 Å². The highest BCUT2D eigenvalue weighted by Gasteiger charge is 2.32. The molecule has 0 radical (unpaired) electrons. The van der Waals surface area contributed by atoms with E-state index in [2.05, 4.69) is 4.98 Å². The lowest BCUT2D eigenvalue weighted by Crippen LogP contribution is -2.44. The molecule has 1 aromatic heterocycles. The number of aromatic nitrogens is 1. The van der Waals surface area contributed by atoms with E-state index in [1.165, 1.54) is 4.90 Å². The Labute approximate surface area is 143 Å². The Kier molecular flexibility index (Phi) is 6.16. The van der Waals surface area contributed by atoms with Crippen LogP contribution >= 0.6 is 12.4 Å². The van der Waals surface area contributed by atoms with Crippen molar-refractivity contribution in [2.45, 2.75) is 39.8 Å². The van der Waals surface area contributed by atoms with Crippen LogP contribution in [-0.4, -0.2) is 21.1 Å². The third-order valence-electron chi connectivity index (χ3n) is 3.87. The van der Waals surface area contributed by atoms with Gasteiger partial charge < -0.3 is 5.11 Å². The third kappa shape index (κ3) is 4.45. The van der Waals surface area contributed by atoms with Crippen molar-refractivity contribution in [3.8, 4) is 0 Å².